The summed E-state index contributed by atoms with van der Waals surface area (Å²) in [5.74, 6) is 0.908. The minimum absolute atomic E-state index is 0.464. The van der Waals surface area contributed by atoms with Gasteiger partial charge in [-0.15, -0.1) is 0 Å². The molecule has 0 atom stereocenters. The van der Waals surface area contributed by atoms with Crippen LogP contribution in [0.2, 0.25) is 0 Å². The molecule has 124 valence electrons. The lowest BCUT2D eigenvalue weighted by molar-refractivity contribution is 0.200. The molecule has 1 aromatic carbocycles. The van der Waals surface area contributed by atoms with Crippen LogP contribution in [0.15, 0.2) is 42.7 Å². The predicted molar refractivity (Wildman–Crippen MR) is 96.5 cm³/mol. The van der Waals surface area contributed by atoms with E-state index in [0.29, 0.717) is 11.5 Å². The maximum Gasteiger partial charge on any atom is 0.0525 e. The van der Waals surface area contributed by atoms with Gasteiger partial charge in [-0.1, -0.05) is 51.1 Å². The molecular formula is C21H30N2. The van der Waals surface area contributed by atoms with Crippen molar-refractivity contribution in [2.75, 3.05) is 0 Å². The molecule has 1 saturated carbocycles. The van der Waals surface area contributed by atoms with Gasteiger partial charge < -0.3 is 0 Å². The molecule has 0 radical (unpaired) electrons. The van der Waals surface area contributed by atoms with Crippen LogP contribution >= 0.6 is 0 Å². The summed E-state index contributed by atoms with van der Waals surface area (Å²) in [6.45, 7) is 7.09. The topological polar surface area (TPSA) is 17.8 Å². The van der Waals surface area contributed by atoms with Gasteiger partial charge in [0.2, 0.25) is 0 Å². The summed E-state index contributed by atoms with van der Waals surface area (Å²) in [6, 6.07) is 11.3. The molecule has 0 N–H and O–H groups in total. The zero-order chi connectivity index (χ0) is 16.3. The highest BCUT2D eigenvalue weighted by Crippen LogP contribution is 2.38. The Labute approximate surface area is 140 Å². The molecule has 3 rings (SSSR count). The van der Waals surface area contributed by atoms with Gasteiger partial charge in [0.15, 0.2) is 0 Å². The standard InChI is InChI=1S/C21H30N2/c1-21(2,3)14-18-9-11-20(12-10-18)23-16-19(15-22-23)13-17-7-5-4-6-8-17/h4-8,15-16,18,20H,9-14H2,1-3H3. The molecule has 0 saturated heterocycles. The molecule has 0 unspecified atom stereocenters. The number of rotatable bonds is 4. The van der Waals surface area contributed by atoms with Gasteiger partial charge in [0.1, 0.15) is 0 Å². The monoisotopic (exact) mass is 310 g/mol. The zero-order valence-electron chi connectivity index (χ0n) is 14.8. The average Bonchev–Trinajstić information content (AvgIpc) is 2.96. The minimum atomic E-state index is 0.464. The Morgan fingerprint density at radius 2 is 1.70 bits per heavy atom. The summed E-state index contributed by atoms with van der Waals surface area (Å²) in [7, 11) is 0. The van der Waals surface area contributed by atoms with Gasteiger partial charge >= 0.3 is 0 Å². The summed E-state index contributed by atoms with van der Waals surface area (Å²) >= 11 is 0. The van der Waals surface area contributed by atoms with E-state index >= 15 is 0 Å². The van der Waals surface area contributed by atoms with E-state index in [0.717, 1.165) is 12.3 Å². The first kappa shape index (κ1) is 16.3. The summed E-state index contributed by atoms with van der Waals surface area (Å²) in [5, 5.41) is 4.65. The van der Waals surface area contributed by atoms with Crippen molar-refractivity contribution in [2.45, 2.75) is 65.3 Å². The predicted octanol–water partition coefficient (Wildman–Crippen LogP) is 5.64. The Morgan fingerprint density at radius 3 is 2.35 bits per heavy atom. The van der Waals surface area contributed by atoms with E-state index in [2.05, 4.69) is 67.1 Å². The third-order valence-electron chi connectivity index (χ3n) is 5.00. The fraction of sp³-hybridized carbons (Fsp3) is 0.571. The highest BCUT2D eigenvalue weighted by atomic mass is 15.3. The Balaban J connectivity index is 1.55. The molecule has 0 bridgehead atoms. The van der Waals surface area contributed by atoms with Crippen molar-refractivity contribution in [3.05, 3.63) is 53.9 Å². The van der Waals surface area contributed by atoms with Crippen molar-refractivity contribution < 1.29 is 0 Å². The molecule has 1 aliphatic carbocycles. The minimum Gasteiger partial charge on any atom is -0.269 e. The molecule has 1 heterocycles. The first-order valence-corrected chi connectivity index (χ1v) is 9.06. The van der Waals surface area contributed by atoms with Gasteiger partial charge in [-0.2, -0.15) is 5.10 Å². The van der Waals surface area contributed by atoms with Gasteiger partial charge in [-0.3, -0.25) is 4.68 Å². The Morgan fingerprint density at radius 1 is 1.00 bits per heavy atom. The summed E-state index contributed by atoms with van der Waals surface area (Å²) in [5.41, 5.74) is 3.15. The van der Waals surface area contributed by atoms with Gasteiger partial charge in [-0.05, 0) is 54.6 Å². The molecule has 23 heavy (non-hydrogen) atoms. The van der Waals surface area contributed by atoms with E-state index < -0.39 is 0 Å². The summed E-state index contributed by atoms with van der Waals surface area (Å²) < 4.78 is 2.23. The number of hydrogen-bond donors (Lipinski definition) is 0. The number of aromatic nitrogens is 2. The Hall–Kier alpha value is -1.57. The number of hydrogen-bond acceptors (Lipinski definition) is 1. The molecule has 1 fully saturated rings. The summed E-state index contributed by atoms with van der Waals surface area (Å²) in [6.07, 6.45) is 11.9. The van der Waals surface area contributed by atoms with E-state index in [9.17, 15) is 0 Å². The van der Waals surface area contributed by atoms with Crippen LogP contribution in [0, 0.1) is 11.3 Å². The van der Waals surface area contributed by atoms with Crippen LogP contribution in [-0.4, -0.2) is 9.78 Å². The number of nitrogens with zero attached hydrogens (tertiary/aromatic N) is 2. The van der Waals surface area contributed by atoms with Crippen molar-refractivity contribution in [3.8, 4) is 0 Å². The van der Waals surface area contributed by atoms with Gasteiger partial charge in [-0.25, -0.2) is 0 Å². The van der Waals surface area contributed by atoms with Crippen molar-refractivity contribution in [1.82, 2.24) is 9.78 Å². The van der Waals surface area contributed by atoms with Crippen LogP contribution in [0.1, 0.15) is 70.0 Å². The maximum atomic E-state index is 4.65. The highest BCUT2D eigenvalue weighted by Gasteiger charge is 2.26. The molecular weight excluding hydrogens is 280 g/mol. The Bertz CT molecular complexity index is 598. The van der Waals surface area contributed by atoms with E-state index in [1.807, 2.05) is 6.20 Å². The molecule has 2 nitrogen and oxygen atoms in total. The SMILES string of the molecule is CC(C)(C)CC1CCC(n2cc(Cc3ccccc3)cn2)CC1. The lowest BCUT2D eigenvalue weighted by Crippen LogP contribution is -2.22. The molecule has 1 aliphatic rings. The van der Waals surface area contributed by atoms with Gasteiger partial charge in [0.25, 0.3) is 0 Å². The molecule has 1 aromatic heterocycles. The smallest absolute Gasteiger partial charge is 0.0525 e. The largest absolute Gasteiger partial charge is 0.269 e. The van der Waals surface area contributed by atoms with Gasteiger partial charge in [0.05, 0.1) is 12.2 Å². The first-order chi connectivity index (χ1) is 11.0. The van der Waals surface area contributed by atoms with Crippen molar-refractivity contribution in [2.24, 2.45) is 11.3 Å². The maximum absolute atomic E-state index is 4.65. The molecule has 2 heteroatoms. The number of benzene rings is 1. The van der Waals surface area contributed by atoms with E-state index in [-0.39, 0.29) is 0 Å². The third kappa shape index (κ3) is 4.70. The van der Waals surface area contributed by atoms with Crippen LogP contribution in [0.3, 0.4) is 0 Å². The van der Waals surface area contributed by atoms with Gasteiger partial charge in [0, 0.05) is 12.6 Å². The second-order valence-corrected chi connectivity index (χ2v) is 8.43. The highest BCUT2D eigenvalue weighted by molar-refractivity contribution is 5.22. The molecule has 0 spiro atoms. The molecule has 0 amide bonds. The van der Waals surface area contributed by atoms with E-state index in [1.54, 1.807) is 0 Å². The van der Waals surface area contributed by atoms with Crippen LogP contribution < -0.4 is 0 Å². The second-order valence-electron chi connectivity index (χ2n) is 8.43. The van der Waals surface area contributed by atoms with Crippen molar-refractivity contribution >= 4 is 0 Å². The van der Waals surface area contributed by atoms with Crippen LogP contribution in [-0.2, 0) is 6.42 Å². The van der Waals surface area contributed by atoms with E-state index in [1.165, 1.54) is 43.2 Å². The fourth-order valence-electron chi connectivity index (χ4n) is 3.98. The lowest BCUT2D eigenvalue weighted by Gasteiger charge is -2.32. The lowest BCUT2D eigenvalue weighted by atomic mass is 9.76. The van der Waals surface area contributed by atoms with Crippen molar-refractivity contribution in [1.29, 1.82) is 0 Å². The third-order valence-corrected chi connectivity index (χ3v) is 5.00. The average molecular weight is 310 g/mol. The summed E-state index contributed by atoms with van der Waals surface area (Å²) in [4.78, 5) is 0. The van der Waals surface area contributed by atoms with Crippen LogP contribution in [0.5, 0.6) is 0 Å². The van der Waals surface area contributed by atoms with Crippen molar-refractivity contribution in [3.63, 3.8) is 0 Å². The zero-order valence-corrected chi connectivity index (χ0v) is 14.8. The fourth-order valence-corrected chi connectivity index (χ4v) is 3.98. The molecule has 0 aliphatic heterocycles. The van der Waals surface area contributed by atoms with Crippen LogP contribution in [0.25, 0.3) is 0 Å². The Kier molecular flexibility index (Phi) is 4.89. The second kappa shape index (κ2) is 6.90. The van der Waals surface area contributed by atoms with E-state index in [4.69, 9.17) is 0 Å². The quantitative estimate of drug-likeness (QED) is 0.714. The van der Waals surface area contributed by atoms with Crippen LogP contribution in [0.4, 0.5) is 0 Å². The normalized spacial score (nSPS) is 22.2. The molecule has 2 aromatic rings. The first-order valence-electron chi connectivity index (χ1n) is 9.06.